The highest BCUT2D eigenvalue weighted by Gasteiger charge is 2.48. The number of likely N-dealkylation sites (tertiary alicyclic amines) is 1. The summed E-state index contributed by atoms with van der Waals surface area (Å²) in [6, 6.07) is 15.0. The lowest BCUT2D eigenvalue weighted by Gasteiger charge is -2.43. The van der Waals surface area contributed by atoms with E-state index in [9.17, 15) is 9.59 Å². The summed E-state index contributed by atoms with van der Waals surface area (Å²) in [6.07, 6.45) is 6.59. The lowest BCUT2D eigenvalue weighted by molar-refractivity contribution is -0.00244. The average molecular weight is 713 g/mol. The molecule has 0 unspecified atom stereocenters. The van der Waals surface area contributed by atoms with Crippen LogP contribution in [0.15, 0.2) is 71.6 Å². The molecule has 4 heterocycles. The molecule has 0 spiro atoms. The van der Waals surface area contributed by atoms with Crippen molar-refractivity contribution >= 4 is 20.3 Å². The molecule has 1 aliphatic rings. The Bertz CT molecular complexity index is 1780. The predicted octanol–water partition coefficient (Wildman–Crippen LogP) is 8.18. The van der Waals surface area contributed by atoms with Gasteiger partial charge in [0, 0.05) is 50.7 Å². The monoisotopic (exact) mass is 712 g/mol. The van der Waals surface area contributed by atoms with Crippen LogP contribution in [0.3, 0.4) is 0 Å². The molecule has 1 aliphatic heterocycles. The SMILES string of the molecule is Cc1nc(-c2ccc([C@@H](O[Si](C)(C)C(C)(C)C)[C@H]3CC[C@@H](Cc4ccc(C(=O)N(C)Cc5cccnc5)cc4)N3C(=O)OC(C)(C)C)cn2)no1. The average Bonchev–Trinajstić information content (AvgIpc) is 3.69. The molecule has 12 heteroatoms. The van der Waals surface area contributed by atoms with Crippen molar-refractivity contribution in [2.24, 2.45) is 0 Å². The number of ether oxygens (including phenoxy) is 1. The zero-order valence-electron chi connectivity index (χ0n) is 31.6. The maximum Gasteiger partial charge on any atom is 0.410 e. The summed E-state index contributed by atoms with van der Waals surface area (Å²) in [4.78, 5) is 44.1. The number of pyridine rings is 2. The van der Waals surface area contributed by atoms with E-state index in [-0.39, 0.29) is 29.1 Å². The minimum atomic E-state index is -2.34. The minimum absolute atomic E-state index is 0.0681. The molecule has 0 bridgehead atoms. The van der Waals surface area contributed by atoms with Crippen molar-refractivity contribution in [3.63, 3.8) is 0 Å². The van der Waals surface area contributed by atoms with Gasteiger partial charge in [0.25, 0.3) is 5.91 Å². The van der Waals surface area contributed by atoms with Gasteiger partial charge in [0.1, 0.15) is 11.3 Å². The molecule has 1 aromatic carbocycles. The van der Waals surface area contributed by atoms with Crippen LogP contribution in [0.5, 0.6) is 0 Å². The van der Waals surface area contributed by atoms with Crippen LogP contribution in [-0.2, 0) is 22.1 Å². The lowest BCUT2D eigenvalue weighted by Crippen LogP contribution is -2.50. The minimum Gasteiger partial charge on any atom is -0.444 e. The molecule has 3 aromatic heterocycles. The number of hydrogen-bond acceptors (Lipinski definition) is 9. The van der Waals surface area contributed by atoms with E-state index in [0.29, 0.717) is 35.9 Å². The van der Waals surface area contributed by atoms with Crippen LogP contribution in [0, 0.1) is 6.92 Å². The third kappa shape index (κ3) is 9.28. The third-order valence-electron chi connectivity index (χ3n) is 9.76. The van der Waals surface area contributed by atoms with E-state index in [2.05, 4.69) is 49.0 Å². The van der Waals surface area contributed by atoms with Crippen molar-refractivity contribution in [3.05, 3.63) is 95.3 Å². The molecule has 2 amide bonds. The van der Waals surface area contributed by atoms with Crippen molar-refractivity contribution in [2.45, 2.75) is 116 Å². The van der Waals surface area contributed by atoms with E-state index in [1.165, 1.54) is 0 Å². The highest BCUT2D eigenvalue weighted by atomic mass is 28.4. The Labute approximate surface area is 302 Å². The number of hydrogen-bond donors (Lipinski definition) is 0. The van der Waals surface area contributed by atoms with E-state index >= 15 is 0 Å². The first-order valence-corrected chi connectivity index (χ1v) is 20.5. The molecule has 51 heavy (non-hydrogen) atoms. The Morgan fingerprint density at radius 2 is 1.73 bits per heavy atom. The second kappa shape index (κ2) is 15.0. The van der Waals surface area contributed by atoms with E-state index in [4.69, 9.17) is 18.7 Å². The van der Waals surface area contributed by atoms with Crippen molar-refractivity contribution in [3.8, 4) is 11.5 Å². The fourth-order valence-electron chi connectivity index (χ4n) is 6.09. The van der Waals surface area contributed by atoms with Crippen molar-refractivity contribution in [1.82, 2.24) is 29.9 Å². The van der Waals surface area contributed by atoms with Gasteiger partial charge in [0.2, 0.25) is 11.7 Å². The van der Waals surface area contributed by atoms with Crippen LogP contribution < -0.4 is 0 Å². The fourth-order valence-corrected chi connectivity index (χ4v) is 7.38. The molecule has 5 rings (SSSR count). The summed E-state index contributed by atoms with van der Waals surface area (Å²) in [5.41, 5.74) is 3.39. The Morgan fingerprint density at radius 1 is 1.00 bits per heavy atom. The van der Waals surface area contributed by atoms with E-state index < -0.39 is 20.0 Å². The van der Waals surface area contributed by atoms with Gasteiger partial charge in [-0.3, -0.25) is 19.7 Å². The van der Waals surface area contributed by atoms with Gasteiger partial charge in [0.15, 0.2) is 8.32 Å². The fraction of sp³-hybridized carbons (Fsp3) is 0.487. The van der Waals surface area contributed by atoms with Gasteiger partial charge in [-0.1, -0.05) is 50.2 Å². The summed E-state index contributed by atoms with van der Waals surface area (Å²) in [7, 11) is -0.547. The molecule has 1 fully saturated rings. The van der Waals surface area contributed by atoms with E-state index in [1.807, 2.05) is 74.2 Å². The van der Waals surface area contributed by atoms with Crippen molar-refractivity contribution < 1.29 is 23.3 Å². The smallest absolute Gasteiger partial charge is 0.410 e. The molecule has 0 radical (unpaired) electrons. The van der Waals surface area contributed by atoms with Crippen LogP contribution in [0.1, 0.15) is 93.4 Å². The Hall–Kier alpha value is -4.42. The Morgan fingerprint density at radius 3 is 2.29 bits per heavy atom. The second-order valence-corrected chi connectivity index (χ2v) is 20.8. The zero-order chi connectivity index (χ0) is 37.1. The van der Waals surface area contributed by atoms with Crippen molar-refractivity contribution in [1.29, 1.82) is 0 Å². The molecule has 0 saturated carbocycles. The van der Waals surface area contributed by atoms with Crippen LogP contribution in [-0.4, -0.2) is 75.0 Å². The molecule has 0 aliphatic carbocycles. The first-order chi connectivity index (χ1) is 23.9. The molecule has 1 saturated heterocycles. The summed E-state index contributed by atoms with van der Waals surface area (Å²) >= 11 is 0. The largest absolute Gasteiger partial charge is 0.444 e. The van der Waals surface area contributed by atoms with Crippen LogP contribution in [0.4, 0.5) is 4.79 Å². The first-order valence-electron chi connectivity index (χ1n) is 17.6. The molecule has 4 aromatic rings. The summed E-state index contributed by atoms with van der Waals surface area (Å²) in [5, 5.41) is 3.95. The molecule has 272 valence electrons. The predicted molar refractivity (Wildman–Crippen MR) is 198 cm³/mol. The van der Waals surface area contributed by atoms with Gasteiger partial charge in [-0.05, 0) is 99.1 Å². The normalized spacial score (nSPS) is 17.3. The zero-order valence-corrected chi connectivity index (χ0v) is 32.6. The standard InChI is InChI=1S/C39H52N6O5Si/c1-26-42-35(43-49-26)32-19-17-30(24-41-32)34(50-51(9,10)39(5,6)7)33-20-18-31(45(33)37(47)48-38(2,3)4)22-27-13-15-29(16-14-27)36(46)44(8)25-28-12-11-21-40-23-28/h11-17,19,21,23-24,31,33-34H,18,20,22,25H2,1-10H3/t31-,33+,34+/m0/s1. The number of aromatic nitrogens is 4. The number of carbonyl (C=O) groups is 2. The molecular weight excluding hydrogens is 661 g/mol. The number of carbonyl (C=O) groups excluding carboxylic acids is 2. The van der Waals surface area contributed by atoms with Crippen LogP contribution >= 0.6 is 0 Å². The van der Waals surface area contributed by atoms with E-state index in [1.54, 1.807) is 37.5 Å². The molecular formula is C39H52N6O5Si. The number of benzene rings is 1. The third-order valence-corrected chi connectivity index (χ3v) is 14.2. The first kappa shape index (κ1) is 37.8. The molecule has 0 N–H and O–H groups in total. The number of amides is 2. The van der Waals surface area contributed by atoms with Gasteiger partial charge in [-0.25, -0.2) is 4.79 Å². The van der Waals surface area contributed by atoms with Crippen LogP contribution in [0.2, 0.25) is 18.1 Å². The van der Waals surface area contributed by atoms with Gasteiger partial charge in [-0.2, -0.15) is 4.98 Å². The number of rotatable bonds is 10. The quantitative estimate of drug-likeness (QED) is 0.150. The van der Waals surface area contributed by atoms with Gasteiger partial charge in [0.05, 0.1) is 12.1 Å². The number of nitrogens with zero attached hydrogens (tertiary/aromatic N) is 6. The molecule has 11 nitrogen and oxygen atoms in total. The number of aryl methyl sites for hydroxylation is 1. The topological polar surface area (TPSA) is 124 Å². The molecule has 3 atom stereocenters. The van der Waals surface area contributed by atoms with Gasteiger partial charge < -0.3 is 18.6 Å². The Kier molecular flexibility index (Phi) is 11.2. The summed E-state index contributed by atoms with van der Waals surface area (Å²) in [6.45, 7) is 19.0. The summed E-state index contributed by atoms with van der Waals surface area (Å²) in [5.74, 6) is 0.820. The van der Waals surface area contributed by atoms with Crippen molar-refractivity contribution in [2.75, 3.05) is 7.05 Å². The lowest BCUT2D eigenvalue weighted by atomic mass is 10.0. The van der Waals surface area contributed by atoms with Gasteiger partial charge >= 0.3 is 6.09 Å². The van der Waals surface area contributed by atoms with Gasteiger partial charge in [-0.15, -0.1) is 0 Å². The van der Waals surface area contributed by atoms with Crippen LogP contribution in [0.25, 0.3) is 11.5 Å². The Balaban J connectivity index is 1.42. The highest BCUT2D eigenvalue weighted by Crippen LogP contribution is 2.44. The highest BCUT2D eigenvalue weighted by molar-refractivity contribution is 6.74. The van der Waals surface area contributed by atoms with E-state index in [0.717, 1.165) is 29.5 Å². The maximum atomic E-state index is 14.1. The second-order valence-electron chi connectivity index (χ2n) is 16.0. The summed E-state index contributed by atoms with van der Waals surface area (Å²) < 4.78 is 18.4. The maximum absolute atomic E-state index is 14.1.